The van der Waals surface area contributed by atoms with Gasteiger partial charge in [0.1, 0.15) is 17.2 Å². The fourth-order valence-electron chi connectivity index (χ4n) is 4.08. The maximum Gasteiger partial charge on any atom is 0.416 e. The monoisotopic (exact) mass is 459 g/mol. The Labute approximate surface area is 190 Å². The molecule has 0 fully saturated rings. The van der Waals surface area contributed by atoms with E-state index in [0.29, 0.717) is 28.5 Å². The highest BCUT2D eigenvalue weighted by Crippen LogP contribution is 2.35. The van der Waals surface area contributed by atoms with E-state index in [4.69, 9.17) is 4.74 Å². The minimum atomic E-state index is -4.43. The number of alkyl halides is 3. The molecule has 0 saturated carbocycles. The molecule has 9 heteroatoms. The van der Waals surface area contributed by atoms with Crippen LogP contribution in [-0.2, 0) is 13.2 Å². The minimum absolute atomic E-state index is 0.251. The Balaban J connectivity index is 1.41. The van der Waals surface area contributed by atoms with Gasteiger partial charge in [-0.3, -0.25) is 10.1 Å². The maximum atomic E-state index is 13.1. The summed E-state index contributed by atoms with van der Waals surface area (Å²) in [7, 11) is 1.75. The van der Waals surface area contributed by atoms with Crippen LogP contribution >= 0.6 is 0 Å². The fraction of sp³-hybridized carbons (Fsp3) is 0.0800. The minimum Gasteiger partial charge on any atom is -0.457 e. The van der Waals surface area contributed by atoms with Crippen molar-refractivity contribution in [1.29, 1.82) is 0 Å². The first kappa shape index (κ1) is 20.2. The molecule has 0 aliphatic carbocycles. The maximum absolute atomic E-state index is 13.1. The second kappa shape index (κ2) is 7.31. The van der Waals surface area contributed by atoms with Gasteiger partial charge >= 0.3 is 6.18 Å². The Morgan fingerprint density at radius 2 is 1.74 bits per heavy atom. The summed E-state index contributed by atoms with van der Waals surface area (Å²) in [5.74, 6) is 1.71. The highest BCUT2D eigenvalue weighted by atomic mass is 19.4. The lowest BCUT2D eigenvalue weighted by atomic mass is 10.1. The van der Waals surface area contributed by atoms with Crippen LogP contribution < -0.4 is 4.74 Å². The van der Waals surface area contributed by atoms with Crippen molar-refractivity contribution in [2.75, 3.05) is 0 Å². The number of hydrogen-bond donors (Lipinski definition) is 1. The van der Waals surface area contributed by atoms with Crippen LogP contribution in [0.15, 0.2) is 73.1 Å². The van der Waals surface area contributed by atoms with Gasteiger partial charge < -0.3 is 9.30 Å². The number of pyridine rings is 1. The van der Waals surface area contributed by atoms with Gasteiger partial charge in [-0.25, -0.2) is 4.98 Å². The van der Waals surface area contributed by atoms with E-state index in [2.05, 4.69) is 20.2 Å². The van der Waals surface area contributed by atoms with Crippen molar-refractivity contribution in [3.8, 4) is 23.0 Å². The van der Waals surface area contributed by atoms with Gasteiger partial charge in [-0.15, -0.1) is 0 Å². The lowest BCUT2D eigenvalue weighted by Crippen LogP contribution is -2.04. The first-order chi connectivity index (χ1) is 16.4. The predicted molar refractivity (Wildman–Crippen MR) is 123 cm³/mol. The molecule has 6 nitrogen and oxygen atoms in total. The SMILES string of the molecule is Cn1c(-c2n[nH]c3ccc(Oc4ccc5ccncc5c4)cc23)nc2cc(C(F)(F)F)ccc21. The Bertz CT molecular complexity index is 1700. The van der Waals surface area contributed by atoms with Crippen molar-refractivity contribution in [2.24, 2.45) is 7.05 Å². The summed E-state index contributed by atoms with van der Waals surface area (Å²) < 4.78 is 47.2. The number of ether oxygens (including phenoxy) is 1. The second-order valence-corrected chi connectivity index (χ2v) is 7.96. The zero-order valence-corrected chi connectivity index (χ0v) is 17.8. The van der Waals surface area contributed by atoms with Gasteiger partial charge in [-0.1, -0.05) is 6.07 Å². The highest BCUT2D eigenvalue weighted by molar-refractivity contribution is 5.94. The van der Waals surface area contributed by atoms with Crippen molar-refractivity contribution >= 4 is 32.7 Å². The van der Waals surface area contributed by atoms with E-state index < -0.39 is 11.7 Å². The highest BCUT2D eigenvalue weighted by Gasteiger charge is 2.31. The van der Waals surface area contributed by atoms with Crippen molar-refractivity contribution in [1.82, 2.24) is 24.7 Å². The molecule has 0 unspecified atom stereocenters. The average Bonchev–Trinajstić information content (AvgIpc) is 3.38. The molecular formula is C25H16F3N5O. The first-order valence-electron chi connectivity index (χ1n) is 10.4. The Kier molecular flexibility index (Phi) is 4.35. The standard InChI is InChI=1S/C25H16F3N5O/c1-33-22-7-3-16(25(26,27)28)11-21(22)30-24(33)23-19-12-18(5-6-20(19)31-32-23)34-17-4-2-14-8-9-29-13-15(14)10-17/h2-13H,1H3,(H,31,32). The van der Waals surface area contributed by atoms with Gasteiger partial charge in [0.2, 0.25) is 0 Å². The normalized spacial score (nSPS) is 12.1. The topological polar surface area (TPSA) is 68.6 Å². The number of imidazole rings is 1. The molecule has 0 spiro atoms. The van der Waals surface area contributed by atoms with Gasteiger partial charge in [-0.2, -0.15) is 18.3 Å². The zero-order valence-electron chi connectivity index (χ0n) is 17.8. The molecular weight excluding hydrogens is 443 g/mol. The van der Waals surface area contributed by atoms with Crippen molar-refractivity contribution in [3.05, 3.63) is 78.6 Å². The van der Waals surface area contributed by atoms with Gasteiger partial charge in [0, 0.05) is 30.2 Å². The summed E-state index contributed by atoms with van der Waals surface area (Å²) in [6.45, 7) is 0. The molecule has 3 aromatic carbocycles. The first-order valence-corrected chi connectivity index (χ1v) is 10.4. The molecule has 0 radical (unpaired) electrons. The van der Waals surface area contributed by atoms with Crippen LogP contribution in [0.4, 0.5) is 13.2 Å². The molecule has 0 amide bonds. The van der Waals surface area contributed by atoms with E-state index in [1.807, 2.05) is 42.5 Å². The van der Waals surface area contributed by atoms with Crippen LogP contribution in [0.3, 0.4) is 0 Å². The summed E-state index contributed by atoms with van der Waals surface area (Å²) in [6.07, 6.45) is -0.923. The fourth-order valence-corrected chi connectivity index (χ4v) is 4.08. The number of halogens is 3. The summed E-state index contributed by atoms with van der Waals surface area (Å²) in [5.41, 5.74) is 1.37. The summed E-state index contributed by atoms with van der Waals surface area (Å²) in [6, 6.07) is 16.7. The number of fused-ring (bicyclic) bond motifs is 3. The van der Waals surface area contributed by atoms with Crippen LogP contribution in [0.25, 0.3) is 44.2 Å². The second-order valence-electron chi connectivity index (χ2n) is 7.96. The molecule has 0 aliphatic rings. The molecule has 0 aliphatic heterocycles. The summed E-state index contributed by atoms with van der Waals surface area (Å²) in [4.78, 5) is 8.61. The summed E-state index contributed by atoms with van der Waals surface area (Å²) >= 11 is 0. The lowest BCUT2D eigenvalue weighted by molar-refractivity contribution is -0.137. The smallest absolute Gasteiger partial charge is 0.416 e. The van der Waals surface area contributed by atoms with Crippen LogP contribution in [-0.4, -0.2) is 24.7 Å². The number of aromatic amines is 1. The molecule has 0 atom stereocenters. The number of benzene rings is 3. The third-order valence-corrected chi connectivity index (χ3v) is 5.80. The molecule has 168 valence electrons. The molecule has 6 rings (SSSR count). The Morgan fingerprint density at radius 3 is 2.59 bits per heavy atom. The van der Waals surface area contributed by atoms with Crippen LogP contribution in [0, 0.1) is 0 Å². The average molecular weight is 459 g/mol. The Hall–Kier alpha value is -4.40. The van der Waals surface area contributed by atoms with Crippen LogP contribution in [0.2, 0.25) is 0 Å². The van der Waals surface area contributed by atoms with E-state index in [9.17, 15) is 13.2 Å². The quantitative estimate of drug-likeness (QED) is 0.329. The van der Waals surface area contributed by atoms with Gasteiger partial charge in [0.05, 0.1) is 22.1 Å². The zero-order chi connectivity index (χ0) is 23.4. The molecule has 1 N–H and O–H groups in total. The van der Waals surface area contributed by atoms with Crippen molar-refractivity contribution < 1.29 is 17.9 Å². The van der Waals surface area contributed by atoms with E-state index in [-0.39, 0.29) is 5.52 Å². The molecule has 0 saturated heterocycles. The number of aryl methyl sites for hydroxylation is 1. The van der Waals surface area contributed by atoms with Gasteiger partial charge in [0.25, 0.3) is 0 Å². The van der Waals surface area contributed by atoms with Gasteiger partial charge in [0.15, 0.2) is 5.82 Å². The van der Waals surface area contributed by atoms with E-state index in [1.165, 1.54) is 6.07 Å². The third-order valence-electron chi connectivity index (χ3n) is 5.80. The Morgan fingerprint density at radius 1 is 0.912 bits per heavy atom. The van der Waals surface area contributed by atoms with Crippen molar-refractivity contribution in [2.45, 2.75) is 6.18 Å². The number of nitrogens with zero attached hydrogens (tertiary/aromatic N) is 4. The molecule has 34 heavy (non-hydrogen) atoms. The van der Waals surface area contributed by atoms with Crippen molar-refractivity contribution in [3.63, 3.8) is 0 Å². The van der Waals surface area contributed by atoms with E-state index in [0.717, 1.165) is 33.8 Å². The number of nitrogens with one attached hydrogen (secondary N) is 1. The van der Waals surface area contributed by atoms with Crippen LogP contribution in [0.1, 0.15) is 5.56 Å². The molecule has 3 heterocycles. The lowest BCUT2D eigenvalue weighted by Gasteiger charge is -2.07. The van der Waals surface area contributed by atoms with E-state index in [1.54, 1.807) is 24.0 Å². The van der Waals surface area contributed by atoms with Crippen LogP contribution in [0.5, 0.6) is 11.5 Å². The molecule has 3 aromatic heterocycles. The number of aromatic nitrogens is 5. The largest absolute Gasteiger partial charge is 0.457 e. The van der Waals surface area contributed by atoms with Gasteiger partial charge in [-0.05, 0) is 60.0 Å². The number of hydrogen-bond acceptors (Lipinski definition) is 4. The third kappa shape index (κ3) is 3.33. The number of H-pyrrole nitrogens is 1. The molecule has 6 aromatic rings. The molecule has 0 bridgehead atoms. The van der Waals surface area contributed by atoms with E-state index >= 15 is 0 Å². The number of rotatable bonds is 3. The predicted octanol–water partition coefficient (Wildman–Crippen LogP) is 6.48. The summed E-state index contributed by atoms with van der Waals surface area (Å²) in [5, 5.41) is 10.1.